The maximum absolute atomic E-state index is 9.69. The second-order valence-electron chi connectivity index (χ2n) is 10.1. The van der Waals surface area contributed by atoms with E-state index in [9.17, 15) is 5.26 Å². The van der Waals surface area contributed by atoms with Crippen LogP contribution in [0.3, 0.4) is 0 Å². The average Bonchev–Trinajstić information content (AvgIpc) is 3.54. The zero-order chi connectivity index (χ0) is 26.6. The van der Waals surface area contributed by atoms with Crippen LogP contribution >= 0.6 is 0 Å². The molecule has 40 heavy (non-hydrogen) atoms. The third kappa shape index (κ3) is 3.24. The molecule has 2 heterocycles. The van der Waals surface area contributed by atoms with E-state index in [1.807, 2.05) is 24.3 Å². The molecule has 0 unspecified atom stereocenters. The quantitative estimate of drug-likeness (QED) is 0.233. The molecule has 0 bridgehead atoms. The van der Waals surface area contributed by atoms with Crippen LogP contribution in [0.4, 0.5) is 0 Å². The number of benzene rings is 6. The van der Waals surface area contributed by atoms with Crippen molar-refractivity contribution in [2.45, 2.75) is 0 Å². The summed E-state index contributed by atoms with van der Waals surface area (Å²) < 4.78 is 4.70. The molecule has 0 amide bonds. The molecule has 186 valence electrons. The van der Waals surface area contributed by atoms with E-state index in [0.29, 0.717) is 5.56 Å². The number of fused-ring (bicyclic) bond motifs is 6. The molecule has 0 N–H and O–H groups in total. The molecule has 3 nitrogen and oxygen atoms in total. The molecular weight excluding hydrogens is 486 g/mol. The number of nitriles is 1. The van der Waals surface area contributed by atoms with Gasteiger partial charge in [0, 0.05) is 32.9 Å². The first-order chi connectivity index (χ1) is 19.8. The van der Waals surface area contributed by atoms with Gasteiger partial charge in [-0.15, -0.1) is 0 Å². The highest BCUT2D eigenvalue weighted by Gasteiger charge is 2.16. The van der Waals surface area contributed by atoms with Crippen molar-refractivity contribution in [2.75, 3.05) is 0 Å². The Labute approximate surface area is 231 Å². The molecule has 0 saturated carbocycles. The topological polar surface area (TPSA) is 33.6 Å². The lowest BCUT2D eigenvalue weighted by atomic mass is 10.00. The molecule has 0 spiro atoms. The van der Waals surface area contributed by atoms with Crippen molar-refractivity contribution in [1.29, 1.82) is 5.26 Å². The average molecular weight is 510 g/mol. The molecule has 0 aliphatic rings. The van der Waals surface area contributed by atoms with Crippen molar-refractivity contribution in [1.82, 2.24) is 9.13 Å². The summed E-state index contributed by atoms with van der Waals surface area (Å²) in [7, 11) is 0. The fraction of sp³-hybridized carbons (Fsp3) is 0. The first-order valence-electron chi connectivity index (χ1n) is 13.4. The predicted molar refractivity (Wildman–Crippen MR) is 165 cm³/mol. The molecule has 8 rings (SSSR count). The SMILES string of the molecule is N#Cc1ccccc1-c1cccc(-n2c3ccccc3c3cc(-n4c5ccccc5c5ccccc54)ccc32)c1. The van der Waals surface area contributed by atoms with Crippen LogP contribution in [0, 0.1) is 11.3 Å². The standard InChI is InChI=1S/C37H23N3/c38-24-26-10-1-2-13-29(26)25-11-9-12-27(22-25)39-36-19-8-5-16-32(36)33-23-28(20-21-37(33)39)40-34-17-6-3-14-30(34)31-15-4-7-18-35(31)40/h1-23H. The molecular formula is C37H23N3. The van der Waals surface area contributed by atoms with Crippen LogP contribution in [0.25, 0.3) is 66.1 Å². The van der Waals surface area contributed by atoms with Crippen molar-refractivity contribution >= 4 is 43.6 Å². The number of hydrogen-bond donors (Lipinski definition) is 0. The molecule has 0 saturated heterocycles. The third-order valence-corrected chi connectivity index (χ3v) is 7.96. The highest BCUT2D eigenvalue weighted by atomic mass is 15.0. The van der Waals surface area contributed by atoms with E-state index in [-0.39, 0.29) is 0 Å². The molecule has 0 aliphatic carbocycles. The van der Waals surface area contributed by atoms with Crippen LogP contribution in [0.1, 0.15) is 5.56 Å². The Morgan fingerprint density at radius 3 is 1.60 bits per heavy atom. The summed E-state index contributed by atoms with van der Waals surface area (Å²) in [6.07, 6.45) is 0. The summed E-state index contributed by atoms with van der Waals surface area (Å²) >= 11 is 0. The Morgan fingerprint density at radius 2 is 0.950 bits per heavy atom. The van der Waals surface area contributed by atoms with Crippen molar-refractivity contribution < 1.29 is 0 Å². The van der Waals surface area contributed by atoms with Crippen LogP contribution in [-0.4, -0.2) is 9.13 Å². The Morgan fingerprint density at radius 1 is 0.425 bits per heavy atom. The summed E-state index contributed by atoms with van der Waals surface area (Å²) in [5.74, 6) is 0. The smallest absolute Gasteiger partial charge is 0.0998 e. The monoisotopic (exact) mass is 509 g/mol. The summed E-state index contributed by atoms with van der Waals surface area (Å²) in [4.78, 5) is 0. The van der Waals surface area contributed by atoms with E-state index in [1.54, 1.807) is 0 Å². The lowest BCUT2D eigenvalue weighted by Crippen LogP contribution is -1.96. The number of rotatable bonds is 3. The second-order valence-corrected chi connectivity index (χ2v) is 10.1. The lowest BCUT2D eigenvalue weighted by Gasteiger charge is -2.12. The van der Waals surface area contributed by atoms with Crippen LogP contribution < -0.4 is 0 Å². The number of nitrogens with zero attached hydrogens (tertiary/aromatic N) is 3. The van der Waals surface area contributed by atoms with Crippen LogP contribution in [0.5, 0.6) is 0 Å². The van der Waals surface area contributed by atoms with Gasteiger partial charge in [0.25, 0.3) is 0 Å². The van der Waals surface area contributed by atoms with Gasteiger partial charge in [0.05, 0.1) is 33.7 Å². The summed E-state index contributed by atoms with van der Waals surface area (Å²) in [5.41, 5.74) is 9.58. The van der Waals surface area contributed by atoms with Gasteiger partial charge in [0.1, 0.15) is 0 Å². The van der Waals surface area contributed by atoms with Gasteiger partial charge in [0.2, 0.25) is 0 Å². The Kier molecular flexibility index (Phi) is 4.89. The van der Waals surface area contributed by atoms with Crippen LogP contribution in [0.2, 0.25) is 0 Å². The maximum Gasteiger partial charge on any atom is 0.0998 e. The maximum atomic E-state index is 9.69. The van der Waals surface area contributed by atoms with E-state index < -0.39 is 0 Å². The van der Waals surface area contributed by atoms with E-state index in [1.165, 1.54) is 32.6 Å². The fourth-order valence-electron chi connectivity index (χ4n) is 6.22. The van der Waals surface area contributed by atoms with Crippen molar-refractivity contribution in [3.63, 3.8) is 0 Å². The second kappa shape index (κ2) is 8.73. The van der Waals surface area contributed by atoms with E-state index in [4.69, 9.17) is 0 Å². The molecule has 0 fully saturated rings. The summed E-state index contributed by atoms with van der Waals surface area (Å²) in [5, 5.41) is 14.6. The van der Waals surface area contributed by atoms with Gasteiger partial charge < -0.3 is 9.13 Å². The number of para-hydroxylation sites is 3. The van der Waals surface area contributed by atoms with Crippen LogP contribution in [-0.2, 0) is 0 Å². The molecule has 0 aliphatic heterocycles. The fourth-order valence-corrected chi connectivity index (χ4v) is 6.22. The van der Waals surface area contributed by atoms with Gasteiger partial charge in [-0.05, 0) is 65.7 Å². The van der Waals surface area contributed by atoms with E-state index in [2.05, 4.69) is 130 Å². The van der Waals surface area contributed by atoms with E-state index in [0.717, 1.165) is 33.5 Å². The minimum absolute atomic E-state index is 0.678. The van der Waals surface area contributed by atoms with Crippen molar-refractivity contribution in [3.05, 3.63) is 145 Å². The van der Waals surface area contributed by atoms with Gasteiger partial charge in [0.15, 0.2) is 0 Å². The minimum Gasteiger partial charge on any atom is -0.309 e. The summed E-state index contributed by atoms with van der Waals surface area (Å²) in [6, 6.07) is 51.3. The highest BCUT2D eigenvalue weighted by molar-refractivity contribution is 6.12. The van der Waals surface area contributed by atoms with Gasteiger partial charge in [-0.3, -0.25) is 0 Å². The van der Waals surface area contributed by atoms with Crippen LogP contribution in [0.15, 0.2) is 140 Å². The minimum atomic E-state index is 0.678. The largest absolute Gasteiger partial charge is 0.309 e. The molecule has 0 radical (unpaired) electrons. The van der Waals surface area contributed by atoms with Gasteiger partial charge in [-0.2, -0.15) is 5.26 Å². The Balaban J connectivity index is 1.39. The zero-order valence-corrected chi connectivity index (χ0v) is 21.6. The van der Waals surface area contributed by atoms with Crippen molar-refractivity contribution in [3.8, 4) is 28.6 Å². The molecule has 3 heteroatoms. The molecule has 6 aromatic carbocycles. The first kappa shape index (κ1) is 22.4. The Bertz CT molecular complexity index is 2240. The van der Waals surface area contributed by atoms with Gasteiger partial charge >= 0.3 is 0 Å². The number of hydrogen-bond acceptors (Lipinski definition) is 1. The predicted octanol–water partition coefficient (Wildman–Crippen LogP) is 9.42. The highest BCUT2D eigenvalue weighted by Crippen LogP contribution is 2.37. The third-order valence-electron chi connectivity index (χ3n) is 7.96. The van der Waals surface area contributed by atoms with Gasteiger partial charge in [-0.25, -0.2) is 0 Å². The van der Waals surface area contributed by atoms with Crippen molar-refractivity contribution in [2.24, 2.45) is 0 Å². The summed E-state index contributed by atoms with van der Waals surface area (Å²) in [6.45, 7) is 0. The zero-order valence-electron chi connectivity index (χ0n) is 21.6. The Hall–Kier alpha value is -5.59. The molecule has 0 atom stereocenters. The normalized spacial score (nSPS) is 11.5. The number of aromatic nitrogens is 2. The molecule has 2 aromatic heterocycles. The molecule has 8 aromatic rings. The lowest BCUT2D eigenvalue weighted by molar-refractivity contribution is 1.17. The first-order valence-corrected chi connectivity index (χ1v) is 13.4. The van der Waals surface area contributed by atoms with E-state index >= 15 is 0 Å². The van der Waals surface area contributed by atoms with Gasteiger partial charge in [-0.1, -0.05) is 84.9 Å².